The Hall–Kier alpha value is -1.19. The van der Waals surface area contributed by atoms with Gasteiger partial charge in [0.25, 0.3) is 5.56 Å². The second kappa shape index (κ2) is 9.31. The topological polar surface area (TPSA) is 168 Å². The fraction of sp³-hybridized carbons (Fsp3) is 0.750. The van der Waals surface area contributed by atoms with Crippen LogP contribution in [-0.2, 0) is 10.6 Å². The number of H-pyrrole nitrogens is 1. The summed E-state index contributed by atoms with van der Waals surface area (Å²) in [5.41, 5.74) is -5.45. The summed E-state index contributed by atoms with van der Waals surface area (Å²) >= 11 is 2.84. The van der Waals surface area contributed by atoms with Crippen molar-refractivity contribution < 1.29 is 34.8 Å². The van der Waals surface area contributed by atoms with Crippen LogP contribution < -0.4 is 11.2 Å². The molecule has 0 spiro atoms. The summed E-state index contributed by atoms with van der Waals surface area (Å²) in [4.78, 5) is 25.6. The average Bonchev–Trinajstić information content (AvgIpc) is 2.89. The van der Waals surface area contributed by atoms with Gasteiger partial charge in [-0.25, -0.2) is 13.8 Å². The van der Waals surface area contributed by atoms with Crippen LogP contribution in [-0.4, -0.2) is 71.1 Å². The van der Waals surface area contributed by atoms with Gasteiger partial charge in [-0.05, 0) is 28.8 Å². The van der Waals surface area contributed by atoms with Gasteiger partial charge >= 0.3 is 11.6 Å². The van der Waals surface area contributed by atoms with E-state index < -0.39 is 48.0 Å². The molecule has 13 heteroatoms. The molecular formula is C16H25BrFN3O8. The number of aliphatic hydroxyl groups excluding tert-OH is 2. The lowest BCUT2D eigenvalue weighted by Gasteiger charge is -2.43. The SMILES string of the molecule is CCCCCCC(F)N(O)[C@@]1(O)[C@H](O)[C@@H](CO)O[C@]1(O)n1cc(Br)c(=O)[nH]c1=O. The maximum atomic E-state index is 14.6. The zero-order chi connectivity index (χ0) is 22.0. The van der Waals surface area contributed by atoms with Crippen LogP contribution in [0.4, 0.5) is 4.39 Å². The van der Waals surface area contributed by atoms with E-state index in [-0.39, 0.29) is 20.5 Å². The maximum Gasteiger partial charge on any atom is 0.332 e. The molecule has 5 atom stereocenters. The maximum absolute atomic E-state index is 14.6. The van der Waals surface area contributed by atoms with Crippen LogP contribution in [0, 0.1) is 0 Å². The second-order valence-corrected chi connectivity index (χ2v) is 7.71. The van der Waals surface area contributed by atoms with E-state index in [1.165, 1.54) is 0 Å². The minimum Gasteiger partial charge on any atom is -0.394 e. The summed E-state index contributed by atoms with van der Waals surface area (Å²) in [7, 11) is 0. The quantitative estimate of drug-likeness (QED) is 0.114. The molecule has 1 aliphatic rings. The number of nitrogens with zero attached hydrogens (tertiary/aromatic N) is 2. The van der Waals surface area contributed by atoms with Crippen LogP contribution in [0.5, 0.6) is 0 Å². The van der Waals surface area contributed by atoms with Crippen LogP contribution in [0.1, 0.15) is 39.0 Å². The number of hydroxylamine groups is 2. The molecule has 0 bridgehead atoms. The Morgan fingerprint density at radius 2 is 2.03 bits per heavy atom. The van der Waals surface area contributed by atoms with Crippen LogP contribution in [0.25, 0.3) is 0 Å². The van der Waals surface area contributed by atoms with E-state index in [1.54, 1.807) is 0 Å². The van der Waals surface area contributed by atoms with Gasteiger partial charge in [0.05, 0.1) is 11.1 Å². The van der Waals surface area contributed by atoms with Gasteiger partial charge in [0.2, 0.25) is 5.72 Å². The van der Waals surface area contributed by atoms with Gasteiger partial charge in [-0.3, -0.25) is 9.78 Å². The van der Waals surface area contributed by atoms with E-state index in [4.69, 9.17) is 4.74 Å². The van der Waals surface area contributed by atoms with Gasteiger partial charge in [-0.2, -0.15) is 0 Å². The summed E-state index contributed by atoms with van der Waals surface area (Å²) in [6, 6.07) is 0. The molecule has 1 aromatic rings. The zero-order valence-corrected chi connectivity index (χ0v) is 17.2. The van der Waals surface area contributed by atoms with E-state index >= 15 is 0 Å². The van der Waals surface area contributed by atoms with Gasteiger partial charge in [-0.1, -0.05) is 26.2 Å². The lowest BCUT2D eigenvalue weighted by atomic mass is 10.00. The number of nitrogens with one attached hydrogen (secondary N) is 1. The lowest BCUT2D eigenvalue weighted by Crippen LogP contribution is -2.69. The van der Waals surface area contributed by atoms with E-state index in [0.29, 0.717) is 12.8 Å². The highest BCUT2D eigenvalue weighted by Gasteiger charge is 2.71. The third-order valence-corrected chi connectivity index (χ3v) is 5.44. The fourth-order valence-corrected chi connectivity index (χ4v) is 3.52. The van der Waals surface area contributed by atoms with Crippen molar-refractivity contribution in [2.45, 2.75) is 69.2 Å². The van der Waals surface area contributed by atoms with Gasteiger partial charge in [0.15, 0.2) is 6.30 Å². The van der Waals surface area contributed by atoms with Crippen molar-refractivity contribution >= 4 is 15.9 Å². The summed E-state index contributed by atoms with van der Waals surface area (Å²) in [6.07, 6.45) is -2.98. The van der Waals surface area contributed by atoms with Crippen LogP contribution >= 0.6 is 15.9 Å². The Kier molecular flexibility index (Phi) is 7.73. The number of unbranched alkanes of at least 4 members (excludes halogenated alkanes) is 3. The smallest absolute Gasteiger partial charge is 0.332 e. The third kappa shape index (κ3) is 4.18. The van der Waals surface area contributed by atoms with Crippen molar-refractivity contribution in [3.05, 3.63) is 31.5 Å². The molecule has 1 aromatic heterocycles. The number of aromatic amines is 1. The van der Waals surface area contributed by atoms with Crippen LogP contribution in [0.15, 0.2) is 20.3 Å². The number of rotatable bonds is 9. The second-order valence-electron chi connectivity index (χ2n) is 6.85. The van der Waals surface area contributed by atoms with E-state index in [2.05, 4.69) is 15.9 Å². The van der Waals surface area contributed by atoms with E-state index in [9.17, 15) is 39.6 Å². The minimum atomic E-state index is -3.30. The van der Waals surface area contributed by atoms with Crippen molar-refractivity contribution in [2.24, 2.45) is 0 Å². The predicted molar refractivity (Wildman–Crippen MR) is 99.4 cm³/mol. The highest BCUT2D eigenvalue weighted by Crippen LogP contribution is 2.44. The van der Waals surface area contributed by atoms with Gasteiger partial charge in [-0.15, -0.1) is 5.06 Å². The highest BCUT2D eigenvalue weighted by atomic mass is 79.9. The Morgan fingerprint density at radius 3 is 2.62 bits per heavy atom. The first kappa shape index (κ1) is 24.1. The standard InChI is InChI=1S/C16H25BrFN3O8/c1-2-3-4-5-6-11(18)21(28)15(26)12(23)10(8-22)29-16(15,27)20-7-9(17)13(24)19-14(20)25/h7,10-12,22-23,26-28H,2-6,8H2,1H3,(H,19,24,25)/t10-,11?,12-,15-,16+/m1/s1. The first-order valence-electron chi connectivity index (χ1n) is 9.10. The number of alkyl halides is 1. The summed E-state index contributed by atoms with van der Waals surface area (Å²) in [6.45, 7) is 1.02. The third-order valence-electron chi connectivity index (χ3n) is 4.88. The Balaban J connectivity index is 2.48. The largest absolute Gasteiger partial charge is 0.394 e. The molecule has 0 aliphatic carbocycles. The molecular weight excluding hydrogens is 461 g/mol. The van der Waals surface area contributed by atoms with Crippen molar-refractivity contribution in [1.29, 1.82) is 0 Å². The van der Waals surface area contributed by atoms with Crippen molar-refractivity contribution in [2.75, 3.05) is 6.61 Å². The number of aliphatic hydroxyl groups is 4. The number of hydrogen-bond acceptors (Lipinski definition) is 9. The van der Waals surface area contributed by atoms with Crippen LogP contribution in [0.2, 0.25) is 0 Å². The van der Waals surface area contributed by atoms with Crippen molar-refractivity contribution in [3.63, 3.8) is 0 Å². The van der Waals surface area contributed by atoms with Crippen molar-refractivity contribution in [1.82, 2.24) is 14.6 Å². The molecule has 2 heterocycles. The Morgan fingerprint density at radius 1 is 1.38 bits per heavy atom. The summed E-state index contributed by atoms with van der Waals surface area (Å²) in [5.74, 6) is -3.26. The number of hydrogen-bond donors (Lipinski definition) is 6. The normalized spacial score (nSPS) is 30.8. The Bertz CT molecular complexity index is 822. The molecule has 1 saturated heterocycles. The lowest BCUT2D eigenvalue weighted by molar-refractivity contribution is -0.428. The number of halogens is 2. The first-order chi connectivity index (χ1) is 13.5. The molecule has 2 rings (SSSR count). The first-order valence-corrected chi connectivity index (χ1v) is 9.89. The molecule has 6 N–H and O–H groups in total. The van der Waals surface area contributed by atoms with E-state index in [0.717, 1.165) is 19.0 Å². The minimum absolute atomic E-state index is 0.254. The summed E-state index contributed by atoms with van der Waals surface area (Å²) < 4.78 is 19.7. The fourth-order valence-electron chi connectivity index (χ4n) is 3.22. The van der Waals surface area contributed by atoms with E-state index in [1.807, 2.05) is 11.9 Å². The molecule has 0 saturated carbocycles. The number of aromatic nitrogens is 2. The van der Waals surface area contributed by atoms with Gasteiger partial charge < -0.3 is 30.4 Å². The molecule has 166 valence electrons. The molecule has 1 aliphatic heterocycles. The molecule has 29 heavy (non-hydrogen) atoms. The zero-order valence-electron chi connectivity index (χ0n) is 15.7. The highest BCUT2D eigenvalue weighted by molar-refractivity contribution is 9.10. The average molecular weight is 486 g/mol. The molecule has 0 amide bonds. The molecule has 1 unspecified atom stereocenters. The monoisotopic (exact) mass is 485 g/mol. The predicted octanol–water partition coefficient (Wildman–Crippen LogP) is -0.701. The van der Waals surface area contributed by atoms with Crippen molar-refractivity contribution in [3.8, 4) is 0 Å². The molecule has 0 radical (unpaired) electrons. The summed E-state index contributed by atoms with van der Waals surface area (Å²) in [5, 5.41) is 51.8. The number of ether oxygens (including phenoxy) is 1. The molecule has 1 fully saturated rings. The van der Waals surface area contributed by atoms with Gasteiger partial charge in [0.1, 0.15) is 12.2 Å². The molecule has 0 aromatic carbocycles. The molecule has 11 nitrogen and oxygen atoms in total. The Labute approximate surface area is 173 Å². The van der Waals surface area contributed by atoms with Crippen LogP contribution in [0.3, 0.4) is 0 Å². The van der Waals surface area contributed by atoms with Gasteiger partial charge in [0, 0.05) is 6.20 Å².